The Balaban J connectivity index is 3.72. The number of carbonyl (C=O) groups excluding carboxylic acids is 1. The molecule has 2 N–H and O–H groups in total. The third-order valence-electron chi connectivity index (χ3n) is 1.00. The van der Waals surface area contributed by atoms with Crippen molar-refractivity contribution in [2.24, 2.45) is 0 Å². The molecule has 0 heterocycles. The number of methoxy groups -OCH3 is 1. The summed E-state index contributed by atoms with van der Waals surface area (Å²) in [7, 11) is 1.01. The van der Waals surface area contributed by atoms with Crippen molar-refractivity contribution in [1.29, 1.82) is 0 Å². The number of hydrogen-bond donors (Lipinski definition) is 2. The number of amides is 1. The highest BCUT2D eigenvalue weighted by molar-refractivity contribution is 5.66. The molecule has 0 aliphatic carbocycles. The van der Waals surface area contributed by atoms with Crippen molar-refractivity contribution in [2.75, 3.05) is 13.7 Å². The molecule has 0 saturated heterocycles. The Kier molecular flexibility index (Phi) is 3.81. The number of ether oxygens (including phenoxy) is 1. The van der Waals surface area contributed by atoms with E-state index >= 15 is 0 Å². The van der Waals surface area contributed by atoms with Gasteiger partial charge in [0.1, 0.15) is 0 Å². The summed E-state index contributed by atoms with van der Waals surface area (Å²) in [6.07, 6.45) is -8.30. The lowest BCUT2D eigenvalue weighted by molar-refractivity contribution is -0.201. The average molecular weight is 187 g/mol. The minimum atomic E-state index is -4.72. The van der Waals surface area contributed by atoms with Crippen molar-refractivity contribution < 1.29 is 27.8 Å². The molecular weight excluding hydrogens is 179 g/mol. The van der Waals surface area contributed by atoms with E-state index in [2.05, 4.69) is 4.74 Å². The molecule has 4 nitrogen and oxygen atoms in total. The second kappa shape index (κ2) is 4.15. The van der Waals surface area contributed by atoms with Crippen LogP contribution in [0.15, 0.2) is 0 Å². The molecule has 0 aromatic carbocycles. The third-order valence-corrected chi connectivity index (χ3v) is 1.00. The fourth-order valence-electron chi connectivity index (χ4n) is 0.368. The van der Waals surface area contributed by atoms with Crippen molar-refractivity contribution in [1.82, 2.24) is 5.32 Å². The summed E-state index contributed by atoms with van der Waals surface area (Å²) in [6.45, 7) is -0.907. The van der Waals surface area contributed by atoms with Gasteiger partial charge in [-0.1, -0.05) is 0 Å². The number of alkyl carbamates (subject to hydrolysis) is 1. The predicted molar refractivity (Wildman–Crippen MR) is 32.5 cm³/mol. The maximum atomic E-state index is 11.6. The number of aliphatic hydroxyl groups excluding tert-OH is 1. The van der Waals surface area contributed by atoms with E-state index in [1.807, 2.05) is 0 Å². The minimum Gasteiger partial charge on any atom is -0.453 e. The van der Waals surface area contributed by atoms with Crippen molar-refractivity contribution in [3.63, 3.8) is 0 Å². The zero-order valence-corrected chi connectivity index (χ0v) is 6.18. The lowest BCUT2D eigenvalue weighted by Gasteiger charge is -2.14. The summed E-state index contributed by atoms with van der Waals surface area (Å²) in [4.78, 5) is 10.2. The van der Waals surface area contributed by atoms with E-state index in [9.17, 15) is 18.0 Å². The van der Waals surface area contributed by atoms with Gasteiger partial charge in [0.25, 0.3) is 0 Å². The average Bonchev–Trinajstić information content (AvgIpc) is 1.97. The Morgan fingerprint density at radius 2 is 2.17 bits per heavy atom. The first-order valence-corrected chi connectivity index (χ1v) is 2.94. The Bertz CT molecular complexity index is 159. The summed E-state index contributed by atoms with van der Waals surface area (Å²) in [5.41, 5.74) is 0. The van der Waals surface area contributed by atoms with Gasteiger partial charge in [-0.05, 0) is 0 Å². The van der Waals surface area contributed by atoms with E-state index in [-0.39, 0.29) is 0 Å². The second-order valence-electron chi connectivity index (χ2n) is 1.93. The third kappa shape index (κ3) is 4.02. The number of hydrogen-bond acceptors (Lipinski definition) is 3. The molecule has 0 aromatic rings. The van der Waals surface area contributed by atoms with Crippen LogP contribution in [0.4, 0.5) is 18.0 Å². The van der Waals surface area contributed by atoms with Gasteiger partial charge in [0, 0.05) is 0 Å². The lowest BCUT2D eigenvalue weighted by atomic mass is 10.3. The van der Waals surface area contributed by atoms with Gasteiger partial charge in [0.2, 0.25) is 0 Å². The molecule has 0 rings (SSSR count). The minimum absolute atomic E-state index is 0.907. The monoisotopic (exact) mass is 187 g/mol. The van der Waals surface area contributed by atoms with E-state index in [1.54, 1.807) is 5.32 Å². The summed E-state index contributed by atoms with van der Waals surface area (Å²) in [6, 6.07) is 0. The van der Waals surface area contributed by atoms with Crippen LogP contribution in [0.1, 0.15) is 0 Å². The Hall–Kier alpha value is -0.980. The molecule has 0 saturated carbocycles. The van der Waals surface area contributed by atoms with Crippen LogP contribution in [0.25, 0.3) is 0 Å². The summed E-state index contributed by atoms with van der Waals surface area (Å²) >= 11 is 0. The van der Waals surface area contributed by atoms with Gasteiger partial charge in [-0.2, -0.15) is 13.2 Å². The number of carbonyl (C=O) groups is 1. The van der Waals surface area contributed by atoms with Crippen LogP contribution in [-0.4, -0.2) is 37.1 Å². The molecule has 72 valence electrons. The molecule has 0 aliphatic rings. The molecule has 0 bridgehead atoms. The Morgan fingerprint density at radius 3 is 2.50 bits per heavy atom. The molecular formula is C5H8F3NO3. The normalized spacial score (nSPS) is 13.8. The molecule has 7 heteroatoms. The van der Waals surface area contributed by atoms with Gasteiger partial charge in [-0.3, -0.25) is 0 Å². The van der Waals surface area contributed by atoms with Crippen molar-refractivity contribution in [3.8, 4) is 0 Å². The quantitative estimate of drug-likeness (QED) is 0.652. The van der Waals surface area contributed by atoms with Crippen molar-refractivity contribution in [2.45, 2.75) is 12.3 Å². The number of rotatable bonds is 2. The maximum absolute atomic E-state index is 11.6. The van der Waals surface area contributed by atoms with Crippen LogP contribution >= 0.6 is 0 Å². The molecule has 0 fully saturated rings. The van der Waals surface area contributed by atoms with Crippen molar-refractivity contribution >= 4 is 6.09 Å². The first-order chi connectivity index (χ1) is 5.38. The number of halogens is 3. The van der Waals surface area contributed by atoms with Crippen LogP contribution in [0, 0.1) is 0 Å². The first kappa shape index (κ1) is 11.0. The molecule has 1 amide bonds. The summed E-state index contributed by atoms with van der Waals surface area (Å²) < 4.78 is 38.7. The maximum Gasteiger partial charge on any atom is 0.416 e. The molecule has 12 heavy (non-hydrogen) atoms. The standard InChI is InChI=1S/C5H8F3NO3/c1-12-4(11)9-2-3(10)5(6,7)8/h3,10H,2H2,1H3,(H,9,11). The fraction of sp³-hybridized carbons (Fsp3) is 0.800. The number of aliphatic hydroxyl groups is 1. The van der Waals surface area contributed by atoms with Gasteiger partial charge in [0.15, 0.2) is 6.10 Å². The highest BCUT2D eigenvalue weighted by Gasteiger charge is 2.38. The Labute approximate surface area is 66.3 Å². The molecule has 0 radical (unpaired) electrons. The first-order valence-electron chi connectivity index (χ1n) is 2.94. The smallest absolute Gasteiger partial charge is 0.416 e. The molecule has 0 spiro atoms. The zero-order chi connectivity index (χ0) is 9.78. The predicted octanol–water partition coefficient (Wildman–Crippen LogP) is 0.266. The van der Waals surface area contributed by atoms with Gasteiger partial charge >= 0.3 is 12.3 Å². The molecule has 0 aliphatic heterocycles. The molecule has 1 unspecified atom stereocenters. The second-order valence-corrected chi connectivity index (χ2v) is 1.93. The van der Waals surface area contributed by atoms with Crippen LogP contribution in [0.5, 0.6) is 0 Å². The van der Waals surface area contributed by atoms with Crippen LogP contribution < -0.4 is 5.32 Å². The van der Waals surface area contributed by atoms with Crippen LogP contribution in [-0.2, 0) is 4.74 Å². The van der Waals surface area contributed by atoms with Crippen LogP contribution in [0.2, 0.25) is 0 Å². The number of alkyl halides is 3. The Morgan fingerprint density at radius 1 is 1.67 bits per heavy atom. The molecule has 1 atom stereocenters. The van der Waals surface area contributed by atoms with E-state index in [4.69, 9.17) is 5.11 Å². The van der Waals surface area contributed by atoms with Gasteiger partial charge in [-0.15, -0.1) is 0 Å². The van der Waals surface area contributed by atoms with Gasteiger partial charge in [0.05, 0.1) is 13.7 Å². The highest BCUT2D eigenvalue weighted by Crippen LogP contribution is 2.18. The summed E-state index contributed by atoms with van der Waals surface area (Å²) in [5.74, 6) is 0. The zero-order valence-electron chi connectivity index (χ0n) is 6.18. The van der Waals surface area contributed by atoms with Crippen LogP contribution in [0.3, 0.4) is 0 Å². The SMILES string of the molecule is COC(=O)NCC(O)C(F)(F)F. The fourth-order valence-corrected chi connectivity index (χ4v) is 0.368. The topological polar surface area (TPSA) is 58.6 Å². The summed E-state index contributed by atoms with van der Waals surface area (Å²) in [5, 5.41) is 10.0. The lowest BCUT2D eigenvalue weighted by Crippen LogP contribution is -2.40. The largest absolute Gasteiger partial charge is 0.453 e. The van der Waals surface area contributed by atoms with Gasteiger partial charge in [-0.25, -0.2) is 4.79 Å². The number of nitrogens with one attached hydrogen (secondary N) is 1. The van der Waals surface area contributed by atoms with E-state index < -0.39 is 24.9 Å². The van der Waals surface area contributed by atoms with E-state index in [0.29, 0.717) is 0 Å². The molecule has 0 aromatic heterocycles. The van der Waals surface area contributed by atoms with Crippen molar-refractivity contribution in [3.05, 3.63) is 0 Å². The van der Waals surface area contributed by atoms with Gasteiger partial charge < -0.3 is 15.2 Å². The van der Waals surface area contributed by atoms with E-state index in [1.165, 1.54) is 0 Å². The van der Waals surface area contributed by atoms with E-state index in [0.717, 1.165) is 7.11 Å². The highest BCUT2D eigenvalue weighted by atomic mass is 19.4.